The molecule has 1 N–H and O–H groups in total. The summed E-state index contributed by atoms with van der Waals surface area (Å²) in [5, 5.41) is 2.94. The zero-order valence-electron chi connectivity index (χ0n) is 16.2. The molecule has 0 aliphatic rings. The third-order valence-electron chi connectivity index (χ3n) is 4.43. The Labute approximate surface area is 144 Å². The Morgan fingerprint density at radius 3 is 2.13 bits per heavy atom. The van der Waals surface area contributed by atoms with Crippen molar-refractivity contribution in [2.24, 2.45) is 11.8 Å². The van der Waals surface area contributed by atoms with Gasteiger partial charge < -0.3 is 10.1 Å². The van der Waals surface area contributed by atoms with Crippen LogP contribution in [0, 0.1) is 11.8 Å². The van der Waals surface area contributed by atoms with Crippen LogP contribution < -0.4 is 5.32 Å². The predicted molar refractivity (Wildman–Crippen MR) is 99.7 cm³/mol. The second-order valence-corrected chi connectivity index (χ2v) is 7.43. The molecule has 0 aromatic heterocycles. The molecule has 1 atom stereocenters. The average molecular weight is 328 g/mol. The van der Waals surface area contributed by atoms with E-state index in [9.17, 15) is 4.79 Å². The quantitative estimate of drug-likeness (QED) is 0.389. The second-order valence-electron chi connectivity index (χ2n) is 7.43. The molecule has 1 amide bonds. The van der Waals surface area contributed by atoms with Gasteiger partial charge in [0.05, 0.1) is 0 Å². The van der Waals surface area contributed by atoms with Crippen LogP contribution in [0.15, 0.2) is 0 Å². The Balaban J connectivity index is 3.29. The first-order valence-electron chi connectivity index (χ1n) is 9.81. The molecule has 0 saturated carbocycles. The summed E-state index contributed by atoms with van der Waals surface area (Å²) < 4.78 is 4.96. The topological polar surface area (TPSA) is 38.3 Å². The van der Waals surface area contributed by atoms with Gasteiger partial charge in [0.1, 0.15) is 0 Å². The molecule has 0 aliphatic carbocycles. The molecular weight excluding hydrogens is 286 g/mol. The number of hydrogen-bond acceptors (Lipinski definition) is 2. The van der Waals surface area contributed by atoms with Crippen molar-refractivity contribution < 1.29 is 9.53 Å². The number of carbonyl (C=O) groups is 1. The molecule has 0 bridgehead atoms. The monoisotopic (exact) mass is 327 g/mol. The van der Waals surface area contributed by atoms with E-state index in [2.05, 4.69) is 26.1 Å². The van der Waals surface area contributed by atoms with Crippen molar-refractivity contribution in [1.29, 1.82) is 0 Å². The second kappa shape index (κ2) is 16.3. The van der Waals surface area contributed by atoms with Crippen molar-refractivity contribution >= 4 is 5.91 Å². The highest BCUT2D eigenvalue weighted by atomic mass is 16.5. The summed E-state index contributed by atoms with van der Waals surface area (Å²) in [7, 11) is 1.69. The SMILES string of the molecule is COCCCNC(=O)CCCCCCC(C)CCCCC(C)C. The molecule has 23 heavy (non-hydrogen) atoms. The molecule has 0 aliphatic heterocycles. The van der Waals surface area contributed by atoms with E-state index in [0.717, 1.165) is 37.8 Å². The van der Waals surface area contributed by atoms with Crippen LogP contribution in [0.1, 0.15) is 91.4 Å². The molecule has 0 heterocycles. The van der Waals surface area contributed by atoms with Crippen molar-refractivity contribution in [2.45, 2.75) is 91.4 Å². The van der Waals surface area contributed by atoms with E-state index in [1.54, 1.807) is 7.11 Å². The Morgan fingerprint density at radius 1 is 0.870 bits per heavy atom. The van der Waals surface area contributed by atoms with Crippen LogP contribution >= 0.6 is 0 Å². The lowest BCUT2D eigenvalue weighted by Gasteiger charge is -2.11. The third-order valence-corrected chi connectivity index (χ3v) is 4.43. The van der Waals surface area contributed by atoms with Crippen LogP contribution in [0.5, 0.6) is 0 Å². The van der Waals surface area contributed by atoms with Gasteiger partial charge in [0.25, 0.3) is 0 Å². The van der Waals surface area contributed by atoms with Gasteiger partial charge >= 0.3 is 0 Å². The number of carbonyl (C=O) groups excluding carboxylic acids is 1. The van der Waals surface area contributed by atoms with Crippen molar-refractivity contribution in [3.8, 4) is 0 Å². The van der Waals surface area contributed by atoms with Crippen LogP contribution in [0.2, 0.25) is 0 Å². The summed E-state index contributed by atoms with van der Waals surface area (Å²) in [6.07, 6.45) is 13.3. The smallest absolute Gasteiger partial charge is 0.219 e. The molecule has 0 aromatic rings. The number of amides is 1. The van der Waals surface area contributed by atoms with Crippen molar-refractivity contribution in [1.82, 2.24) is 5.32 Å². The summed E-state index contributed by atoms with van der Waals surface area (Å²) in [5.41, 5.74) is 0. The fraction of sp³-hybridized carbons (Fsp3) is 0.950. The first-order valence-corrected chi connectivity index (χ1v) is 9.81. The predicted octanol–water partition coefficient (Wildman–Crippen LogP) is 5.33. The zero-order valence-corrected chi connectivity index (χ0v) is 16.2. The Morgan fingerprint density at radius 2 is 1.48 bits per heavy atom. The zero-order chi connectivity index (χ0) is 17.3. The first-order chi connectivity index (χ1) is 11.1. The lowest BCUT2D eigenvalue weighted by molar-refractivity contribution is -0.121. The van der Waals surface area contributed by atoms with Gasteiger partial charge in [-0.2, -0.15) is 0 Å². The summed E-state index contributed by atoms with van der Waals surface area (Å²) in [6, 6.07) is 0. The maximum atomic E-state index is 11.6. The van der Waals surface area contributed by atoms with Crippen LogP contribution in [0.3, 0.4) is 0 Å². The van der Waals surface area contributed by atoms with Crippen molar-refractivity contribution in [2.75, 3.05) is 20.3 Å². The number of ether oxygens (including phenoxy) is 1. The summed E-state index contributed by atoms with van der Waals surface area (Å²) in [5.74, 6) is 1.91. The van der Waals surface area contributed by atoms with E-state index in [1.807, 2.05) is 0 Å². The van der Waals surface area contributed by atoms with E-state index in [4.69, 9.17) is 4.74 Å². The van der Waals surface area contributed by atoms with E-state index in [0.29, 0.717) is 6.42 Å². The minimum Gasteiger partial charge on any atom is -0.385 e. The molecule has 3 nitrogen and oxygen atoms in total. The molecule has 0 radical (unpaired) electrons. The highest BCUT2D eigenvalue weighted by Crippen LogP contribution is 2.18. The van der Waals surface area contributed by atoms with Gasteiger partial charge in [-0.1, -0.05) is 72.1 Å². The molecule has 0 fully saturated rings. The lowest BCUT2D eigenvalue weighted by Crippen LogP contribution is -2.24. The third kappa shape index (κ3) is 17.6. The normalized spacial score (nSPS) is 12.6. The van der Waals surface area contributed by atoms with Crippen LogP contribution in [0.4, 0.5) is 0 Å². The Kier molecular flexibility index (Phi) is 15.9. The number of methoxy groups -OCH3 is 1. The number of hydrogen-bond donors (Lipinski definition) is 1. The standard InChI is InChI=1S/C20H41NO2/c1-18(2)12-9-10-14-19(3)13-7-5-6-8-15-20(22)21-16-11-17-23-4/h18-19H,5-17H2,1-4H3,(H,21,22). The van der Waals surface area contributed by atoms with Gasteiger partial charge in [-0.25, -0.2) is 0 Å². The number of nitrogens with one attached hydrogen (secondary N) is 1. The maximum absolute atomic E-state index is 11.6. The highest BCUT2D eigenvalue weighted by Gasteiger charge is 2.04. The number of rotatable bonds is 16. The van der Waals surface area contributed by atoms with Gasteiger partial charge in [0.2, 0.25) is 5.91 Å². The maximum Gasteiger partial charge on any atom is 0.219 e. The molecule has 0 aromatic carbocycles. The molecule has 3 heteroatoms. The summed E-state index contributed by atoms with van der Waals surface area (Å²) >= 11 is 0. The molecule has 1 unspecified atom stereocenters. The van der Waals surface area contributed by atoms with Crippen LogP contribution in [-0.2, 0) is 9.53 Å². The van der Waals surface area contributed by atoms with E-state index >= 15 is 0 Å². The van der Waals surface area contributed by atoms with Crippen LogP contribution in [-0.4, -0.2) is 26.2 Å². The molecular formula is C20H41NO2. The van der Waals surface area contributed by atoms with Gasteiger partial charge in [-0.05, 0) is 24.7 Å². The van der Waals surface area contributed by atoms with Gasteiger partial charge in [0, 0.05) is 26.7 Å². The minimum atomic E-state index is 0.194. The lowest BCUT2D eigenvalue weighted by atomic mass is 9.95. The van der Waals surface area contributed by atoms with Gasteiger partial charge in [0.15, 0.2) is 0 Å². The highest BCUT2D eigenvalue weighted by molar-refractivity contribution is 5.75. The number of unbranched alkanes of at least 4 members (excludes halogenated alkanes) is 4. The molecule has 0 rings (SSSR count). The van der Waals surface area contributed by atoms with Crippen molar-refractivity contribution in [3.63, 3.8) is 0 Å². The van der Waals surface area contributed by atoms with Crippen molar-refractivity contribution in [3.05, 3.63) is 0 Å². The molecule has 138 valence electrons. The van der Waals surface area contributed by atoms with Crippen LogP contribution in [0.25, 0.3) is 0 Å². The average Bonchev–Trinajstić information content (AvgIpc) is 2.51. The van der Waals surface area contributed by atoms with Gasteiger partial charge in [-0.3, -0.25) is 4.79 Å². The molecule has 0 saturated heterocycles. The van der Waals surface area contributed by atoms with E-state index in [1.165, 1.54) is 51.4 Å². The first kappa shape index (κ1) is 22.4. The van der Waals surface area contributed by atoms with E-state index in [-0.39, 0.29) is 5.91 Å². The molecule has 0 spiro atoms. The minimum absolute atomic E-state index is 0.194. The summed E-state index contributed by atoms with van der Waals surface area (Å²) in [4.78, 5) is 11.6. The Bertz CT molecular complexity index is 266. The van der Waals surface area contributed by atoms with E-state index < -0.39 is 0 Å². The largest absolute Gasteiger partial charge is 0.385 e. The fourth-order valence-corrected chi connectivity index (χ4v) is 2.85. The van der Waals surface area contributed by atoms with Gasteiger partial charge in [-0.15, -0.1) is 0 Å². The summed E-state index contributed by atoms with van der Waals surface area (Å²) in [6.45, 7) is 8.46. The Hall–Kier alpha value is -0.570. The fourth-order valence-electron chi connectivity index (χ4n) is 2.85.